The number of carbonyl (C=O) groups is 3. The maximum atomic E-state index is 15.0. The van der Waals surface area contributed by atoms with E-state index in [1.54, 1.807) is 59.9 Å². The van der Waals surface area contributed by atoms with Crippen LogP contribution in [0.3, 0.4) is 0 Å². The summed E-state index contributed by atoms with van der Waals surface area (Å²) in [6.45, 7) is 17.7. The van der Waals surface area contributed by atoms with Crippen LogP contribution in [0.1, 0.15) is 112 Å². The summed E-state index contributed by atoms with van der Waals surface area (Å²) in [5, 5.41) is 29.2. The van der Waals surface area contributed by atoms with Crippen LogP contribution in [-0.4, -0.2) is 152 Å². The van der Waals surface area contributed by atoms with Gasteiger partial charge in [0.1, 0.15) is 37.6 Å². The fourth-order valence-electron chi connectivity index (χ4n) is 11.8. The molecule has 3 aromatic carbocycles. The number of methoxy groups -OCH3 is 3. The molecule has 0 bridgehead atoms. The number of halogens is 1. The van der Waals surface area contributed by atoms with Gasteiger partial charge in [-0.3, -0.25) is 4.79 Å². The Morgan fingerprint density at radius 3 is 1.96 bits per heavy atom. The van der Waals surface area contributed by atoms with E-state index in [4.69, 9.17) is 73.7 Å². The van der Waals surface area contributed by atoms with Gasteiger partial charge in [-0.15, -0.1) is 0 Å². The van der Waals surface area contributed by atoms with Gasteiger partial charge in [0.2, 0.25) is 0 Å². The number of esters is 1. The number of carbonyl (C=O) groups excluding carboxylic acids is 3. The molecule has 0 aromatic heterocycles. The zero-order valence-electron chi connectivity index (χ0n) is 49.5. The zero-order valence-corrected chi connectivity index (χ0v) is 50.2. The summed E-state index contributed by atoms with van der Waals surface area (Å²) in [5.74, 6) is -3.98. The number of oxime groups is 1. The van der Waals surface area contributed by atoms with Crippen molar-refractivity contribution in [3.05, 3.63) is 107 Å². The molecule has 3 heterocycles. The van der Waals surface area contributed by atoms with Crippen LogP contribution >= 0.6 is 11.6 Å². The number of ether oxygens (including phenoxy) is 11. The second-order valence-corrected chi connectivity index (χ2v) is 23.0. The van der Waals surface area contributed by atoms with E-state index in [1.807, 2.05) is 101 Å². The third-order valence-electron chi connectivity index (χ3n) is 16.6. The van der Waals surface area contributed by atoms with Crippen LogP contribution in [0.25, 0.3) is 0 Å². The van der Waals surface area contributed by atoms with Crippen LogP contribution < -0.4 is 0 Å². The van der Waals surface area contributed by atoms with Crippen molar-refractivity contribution < 1.29 is 81.5 Å². The summed E-state index contributed by atoms with van der Waals surface area (Å²) < 4.78 is 70.4. The number of benzene rings is 3. The molecule has 0 spiro atoms. The van der Waals surface area contributed by atoms with Gasteiger partial charge in [-0.05, 0) is 78.0 Å². The molecule has 81 heavy (non-hydrogen) atoms. The maximum absolute atomic E-state index is 15.0. The SMILES string of the molecule is CC[C@H]1OC(=O)[C@H](C)[C@@H](O[C@H]2C[C@@](C)(OC)[C@@H](O)[C@H](C)O2)[C@H](C)[C@@H](O[C@@H]2O[C@H](C)C[C@H](N(C)C(=O)OCc3ccccc3)[C@H]2OC(=O)OCc2ccccc2)[C@](C)(OC)C[C@@H](C)/C(=N\OCc2ccccc2Cl)[C@H](C)[C@@H](OC)[C@]1(C)O. The second-order valence-electron chi connectivity index (χ2n) is 22.6. The largest absolute Gasteiger partial charge is 0.509 e. The van der Waals surface area contributed by atoms with Gasteiger partial charge in [-0.2, -0.15) is 0 Å². The normalized spacial score (nSPS) is 35.7. The van der Waals surface area contributed by atoms with Crippen molar-refractivity contribution in [1.29, 1.82) is 0 Å². The zero-order chi connectivity index (χ0) is 59.4. The summed E-state index contributed by atoms with van der Waals surface area (Å²) in [6.07, 6.45) is -11.9. The molecular weight excluding hydrogens is 1070 g/mol. The Morgan fingerprint density at radius 2 is 1.37 bits per heavy atom. The monoisotopic (exact) mass is 1150 g/mol. The van der Waals surface area contributed by atoms with E-state index in [2.05, 4.69) is 0 Å². The van der Waals surface area contributed by atoms with Crippen molar-refractivity contribution in [2.45, 2.75) is 199 Å². The number of aliphatic hydroxyl groups is 2. The van der Waals surface area contributed by atoms with E-state index >= 15 is 4.79 Å². The summed E-state index contributed by atoms with van der Waals surface area (Å²) >= 11 is 6.57. The molecule has 1 amide bonds. The van der Waals surface area contributed by atoms with Gasteiger partial charge >= 0.3 is 18.2 Å². The van der Waals surface area contributed by atoms with Gasteiger partial charge < -0.3 is 72.1 Å². The predicted octanol–water partition coefficient (Wildman–Crippen LogP) is 9.82. The minimum Gasteiger partial charge on any atom is -0.459 e. The summed E-state index contributed by atoms with van der Waals surface area (Å²) in [4.78, 5) is 50.7. The highest BCUT2D eigenvalue weighted by Crippen LogP contribution is 2.43. The lowest BCUT2D eigenvalue weighted by Crippen LogP contribution is -2.62. The summed E-state index contributed by atoms with van der Waals surface area (Å²) in [5.41, 5.74) is -1.71. The number of hydrogen-bond acceptors (Lipinski definition) is 18. The molecule has 0 aliphatic carbocycles. The molecule has 6 rings (SSSR count). The Kier molecular flexibility index (Phi) is 23.4. The molecule has 3 aliphatic heterocycles. The first-order valence-electron chi connectivity index (χ1n) is 28.0. The molecule has 2 N–H and O–H groups in total. The van der Waals surface area contributed by atoms with Gasteiger partial charge in [-0.25, -0.2) is 9.59 Å². The number of likely N-dealkylation sites (N-methyl/N-ethyl adjacent to an activating group) is 1. The van der Waals surface area contributed by atoms with E-state index in [-0.39, 0.29) is 45.5 Å². The van der Waals surface area contributed by atoms with Gasteiger partial charge in [0.25, 0.3) is 0 Å². The van der Waals surface area contributed by atoms with Crippen molar-refractivity contribution in [1.82, 2.24) is 4.90 Å². The molecular formula is C61H87ClN2O17. The van der Waals surface area contributed by atoms with Gasteiger partial charge in [-0.1, -0.05) is 123 Å². The lowest BCUT2D eigenvalue weighted by atomic mass is 9.73. The highest BCUT2D eigenvalue weighted by atomic mass is 35.5. The molecule has 3 aliphatic rings. The molecule has 3 fully saturated rings. The number of aliphatic hydroxyl groups excluding tert-OH is 1. The summed E-state index contributed by atoms with van der Waals surface area (Å²) in [6, 6.07) is 24.7. The van der Waals surface area contributed by atoms with E-state index in [0.717, 1.165) is 5.56 Å². The molecule has 3 saturated heterocycles. The van der Waals surface area contributed by atoms with Crippen LogP contribution in [0.4, 0.5) is 9.59 Å². The van der Waals surface area contributed by atoms with Gasteiger partial charge in [0, 0.05) is 63.1 Å². The van der Waals surface area contributed by atoms with Crippen molar-refractivity contribution >= 4 is 35.5 Å². The smallest absolute Gasteiger partial charge is 0.459 e. The molecule has 18 atom stereocenters. The minimum atomic E-state index is -1.80. The Morgan fingerprint density at radius 1 is 0.765 bits per heavy atom. The van der Waals surface area contributed by atoms with Crippen LogP contribution in [-0.2, 0) is 81.6 Å². The number of hydrogen-bond donors (Lipinski definition) is 2. The van der Waals surface area contributed by atoms with Gasteiger partial charge in [0.05, 0.1) is 59.4 Å². The van der Waals surface area contributed by atoms with E-state index in [1.165, 1.54) is 26.2 Å². The third-order valence-corrected chi connectivity index (χ3v) is 17.0. The Hall–Kier alpha value is -4.93. The minimum absolute atomic E-state index is 0.00978. The Bertz CT molecular complexity index is 2510. The van der Waals surface area contributed by atoms with E-state index in [0.29, 0.717) is 21.9 Å². The second kappa shape index (κ2) is 29.1. The average Bonchev–Trinajstić information content (AvgIpc) is 3.46. The first-order chi connectivity index (χ1) is 38.4. The van der Waals surface area contributed by atoms with Crippen LogP contribution in [0, 0.1) is 23.7 Å². The van der Waals surface area contributed by atoms with Crippen molar-refractivity contribution in [2.75, 3.05) is 28.4 Å². The standard InChI is InChI=1S/C61H87ClN2O17/c1-15-47-61(10,69)54(70-12)38(4)49(63-75-35-44-28-22-23-29-45(44)62)36(2)31-60(9,72-14)53(39(5)50(40(6)55(66)78-47)79-48-32-59(8,71-13)52(65)41(7)77-48)81-56-51(80-58(68)74-34-43-26-20-17-21-27-43)46(30-37(3)76-56)64(11)57(67)73-33-42-24-18-16-19-25-42/h16-29,36-41,46-48,50-54,56,65,69H,15,30-35H2,1-14H3/b63-49+/t36-,37-,38+,39+,40-,41+,46+,47-,48+,50+,51-,52+,53-,54-,56+,59-,60-,61-/m1/s1. The molecule has 3 aromatic rings. The molecule has 0 radical (unpaired) electrons. The van der Waals surface area contributed by atoms with Crippen LogP contribution in [0.2, 0.25) is 5.02 Å². The lowest BCUT2D eigenvalue weighted by molar-refractivity contribution is -0.319. The lowest BCUT2D eigenvalue weighted by Gasteiger charge is -2.50. The highest BCUT2D eigenvalue weighted by molar-refractivity contribution is 6.31. The molecule has 0 saturated carbocycles. The van der Waals surface area contributed by atoms with E-state index < -0.39 is 126 Å². The van der Waals surface area contributed by atoms with E-state index in [9.17, 15) is 19.8 Å². The van der Waals surface area contributed by atoms with Gasteiger partial charge in [0.15, 0.2) is 18.7 Å². The third kappa shape index (κ3) is 16.0. The summed E-state index contributed by atoms with van der Waals surface area (Å²) in [7, 11) is 6.06. The topological polar surface area (TPSA) is 218 Å². The maximum Gasteiger partial charge on any atom is 0.509 e. The molecule has 0 unspecified atom stereocenters. The first kappa shape index (κ1) is 65.2. The number of nitrogens with zero attached hydrogens (tertiary/aromatic N) is 2. The van der Waals surface area contributed by atoms with Crippen molar-refractivity contribution in [3.63, 3.8) is 0 Å². The van der Waals surface area contributed by atoms with Crippen molar-refractivity contribution in [3.8, 4) is 0 Å². The van der Waals surface area contributed by atoms with Crippen molar-refractivity contribution in [2.24, 2.45) is 28.8 Å². The average molecular weight is 1160 g/mol. The fraction of sp³-hybridized carbons (Fsp3) is 0.639. The Balaban J connectivity index is 1.50. The van der Waals surface area contributed by atoms with Crippen LogP contribution in [0.5, 0.6) is 0 Å². The first-order valence-corrected chi connectivity index (χ1v) is 28.4. The Labute approximate surface area is 483 Å². The molecule has 20 heteroatoms. The molecule has 19 nitrogen and oxygen atoms in total. The van der Waals surface area contributed by atoms with Crippen LogP contribution in [0.15, 0.2) is 90.1 Å². The fourth-order valence-corrected chi connectivity index (χ4v) is 12.0. The quantitative estimate of drug-likeness (QED) is 0.0730. The predicted molar refractivity (Wildman–Crippen MR) is 301 cm³/mol. The number of cyclic esters (lactones) is 1. The number of amides is 1. The number of rotatable bonds is 17. The molecule has 450 valence electrons. The highest BCUT2D eigenvalue weighted by Gasteiger charge is 2.55.